The summed E-state index contributed by atoms with van der Waals surface area (Å²) in [6.45, 7) is 0.405. The van der Waals surface area contributed by atoms with E-state index in [4.69, 9.17) is 0 Å². The van der Waals surface area contributed by atoms with Gasteiger partial charge in [-0.15, -0.1) is 26.6 Å². The zero-order valence-corrected chi connectivity index (χ0v) is 16.7. The first-order chi connectivity index (χ1) is 14.8. The number of nitrogens with zero attached hydrogens (tertiary/aromatic N) is 6. The van der Waals surface area contributed by atoms with Gasteiger partial charge in [-0.05, 0) is 35.7 Å². The Labute approximate surface area is 175 Å². The number of thiophene rings is 1. The van der Waals surface area contributed by atoms with Crippen molar-refractivity contribution < 1.29 is 4.79 Å². The number of amides is 1. The Morgan fingerprint density at radius 3 is 2.70 bits per heavy atom. The largest absolute Gasteiger partial charge is 0.349 e. The van der Waals surface area contributed by atoms with Gasteiger partial charge in [-0.25, -0.2) is 9.67 Å². The van der Waals surface area contributed by atoms with E-state index in [1.54, 1.807) is 16.0 Å². The van der Waals surface area contributed by atoms with Gasteiger partial charge in [-0.2, -0.15) is 0 Å². The number of aromatic nitrogens is 6. The van der Waals surface area contributed by atoms with Gasteiger partial charge in [-0.1, -0.05) is 30.3 Å². The van der Waals surface area contributed by atoms with E-state index < -0.39 is 0 Å². The Balaban J connectivity index is 1.35. The van der Waals surface area contributed by atoms with Gasteiger partial charge in [-0.3, -0.25) is 9.20 Å². The number of hydrogen-bond donors (Lipinski definition) is 1. The second-order valence-corrected chi connectivity index (χ2v) is 7.48. The van der Waals surface area contributed by atoms with Gasteiger partial charge in [0.25, 0.3) is 5.91 Å². The van der Waals surface area contributed by atoms with Crippen LogP contribution in [0.25, 0.3) is 22.0 Å². The Kier molecular flexibility index (Phi) is 4.78. The van der Waals surface area contributed by atoms with Crippen molar-refractivity contribution in [2.75, 3.05) is 6.54 Å². The first-order valence-electron chi connectivity index (χ1n) is 9.43. The fourth-order valence-electron chi connectivity index (χ4n) is 3.15. The maximum Gasteiger partial charge on any atom is 0.291 e. The fraction of sp³-hybridized carbons (Fsp3) is 0.0952. The van der Waals surface area contributed by atoms with Gasteiger partial charge in [0.2, 0.25) is 5.82 Å². The predicted octanol–water partition coefficient (Wildman–Crippen LogP) is 3.01. The second-order valence-electron chi connectivity index (χ2n) is 6.53. The zero-order valence-electron chi connectivity index (χ0n) is 15.8. The predicted molar refractivity (Wildman–Crippen MR) is 114 cm³/mol. The molecule has 1 N–H and O–H groups in total. The van der Waals surface area contributed by atoms with E-state index in [0.29, 0.717) is 18.8 Å². The van der Waals surface area contributed by atoms with Crippen LogP contribution >= 0.6 is 11.3 Å². The molecule has 0 bridgehead atoms. The van der Waals surface area contributed by atoms with E-state index in [9.17, 15) is 4.79 Å². The highest BCUT2D eigenvalue weighted by molar-refractivity contribution is 7.13. The van der Waals surface area contributed by atoms with Crippen molar-refractivity contribution in [2.45, 2.75) is 6.42 Å². The van der Waals surface area contributed by atoms with E-state index >= 15 is 0 Å². The normalized spacial score (nSPS) is 11.1. The summed E-state index contributed by atoms with van der Waals surface area (Å²) in [7, 11) is 0. The van der Waals surface area contributed by atoms with Crippen molar-refractivity contribution >= 4 is 22.9 Å². The smallest absolute Gasteiger partial charge is 0.291 e. The topological polar surface area (TPSA) is 90.0 Å². The van der Waals surface area contributed by atoms with Crippen LogP contribution in [0.3, 0.4) is 0 Å². The Bertz CT molecular complexity index is 1290. The van der Waals surface area contributed by atoms with Crippen molar-refractivity contribution in [2.24, 2.45) is 0 Å². The third-order valence-electron chi connectivity index (χ3n) is 4.57. The molecule has 0 unspecified atom stereocenters. The molecule has 30 heavy (non-hydrogen) atoms. The van der Waals surface area contributed by atoms with Crippen LogP contribution in [0.4, 0.5) is 0 Å². The summed E-state index contributed by atoms with van der Waals surface area (Å²) in [4.78, 5) is 18.2. The minimum atomic E-state index is -0.323. The van der Waals surface area contributed by atoms with E-state index in [1.807, 2.05) is 76.6 Å². The van der Waals surface area contributed by atoms with Crippen molar-refractivity contribution in [1.29, 1.82) is 0 Å². The molecular formula is C21H17N7OS. The molecular weight excluding hydrogens is 398 g/mol. The molecule has 5 rings (SSSR count). The lowest BCUT2D eigenvalue weighted by atomic mass is 10.3. The number of carbonyl (C=O) groups excluding carboxylic acids is 1. The van der Waals surface area contributed by atoms with Crippen LogP contribution in [0, 0.1) is 0 Å². The van der Waals surface area contributed by atoms with Crippen molar-refractivity contribution in [3.05, 3.63) is 83.9 Å². The molecule has 0 aliphatic carbocycles. The summed E-state index contributed by atoms with van der Waals surface area (Å²) in [5.74, 6) is 1.24. The van der Waals surface area contributed by atoms with Crippen LogP contribution in [-0.4, -0.2) is 41.8 Å². The third-order valence-corrected chi connectivity index (χ3v) is 5.44. The molecule has 1 aromatic carbocycles. The van der Waals surface area contributed by atoms with Gasteiger partial charge in [0.1, 0.15) is 5.82 Å². The number of benzene rings is 1. The van der Waals surface area contributed by atoms with Crippen molar-refractivity contribution in [3.8, 4) is 16.4 Å². The van der Waals surface area contributed by atoms with Crippen LogP contribution in [-0.2, 0) is 6.42 Å². The number of hydrogen-bond acceptors (Lipinski definition) is 6. The first kappa shape index (κ1) is 18.2. The van der Waals surface area contributed by atoms with Crippen LogP contribution in [0.1, 0.15) is 16.4 Å². The number of fused-ring (bicyclic) bond motifs is 1. The fourth-order valence-corrected chi connectivity index (χ4v) is 3.85. The Morgan fingerprint density at radius 1 is 1.00 bits per heavy atom. The number of para-hydroxylation sites is 1. The molecule has 0 saturated heterocycles. The molecule has 0 spiro atoms. The maximum absolute atomic E-state index is 12.7. The lowest BCUT2D eigenvalue weighted by Crippen LogP contribution is -2.27. The summed E-state index contributed by atoms with van der Waals surface area (Å²) in [5, 5.41) is 17.6. The highest BCUT2D eigenvalue weighted by Gasteiger charge is 2.19. The summed E-state index contributed by atoms with van der Waals surface area (Å²) in [6, 6.07) is 19.3. The molecule has 4 heterocycles. The second kappa shape index (κ2) is 7.88. The molecule has 5 aromatic rings. The van der Waals surface area contributed by atoms with E-state index in [-0.39, 0.29) is 11.7 Å². The third kappa shape index (κ3) is 3.46. The first-order valence-corrected chi connectivity index (χ1v) is 10.3. The van der Waals surface area contributed by atoms with E-state index in [0.717, 1.165) is 22.0 Å². The van der Waals surface area contributed by atoms with Gasteiger partial charge in [0.05, 0.1) is 10.6 Å². The molecule has 0 aliphatic rings. The van der Waals surface area contributed by atoms with E-state index in [1.165, 1.54) is 0 Å². The highest BCUT2D eigenvalue weighted by Crippen LogP contribution is 2.25. The summed E-state index contributed by atoms with van der Waals surface area (Å²) in [6.07, 6.45) is 2.46. The lowest BCUT2D eigenvalue weighted by molar-refractivity contribution is 0.0943. The van der Waals surface area contributed by atoms with Gasteiger partial charge < -0.3 is 5.32 Å². The molecule has 0 radical (unpaired) electrons. The highest BCUT2D eigenvalue weighted by atomic mass is 32.1. The monoisotopic (exact) mass is 415 g/mol. The zero-order chi connectivity index (χ0) is 20.3. The maximum atomic E-state index is 12.7. The van der Waals surface area contributed by atoms with E-state index in [2.05, 4.69) is 25.6 Å². The Hall–Kier alpha value is -3.85. The quantitative estimate of drug-likeness (QED) is 0.460. The molecule has 8 nitrogen and oxygen atoms in total. The van der Waals surface area contributed by atoms with Crippen LogP contribution in [0.5, 0.6) is 0 Å². The van der Waals surface area contributed by atoms with Crippen LogP contribution in [0.15, 0.2) is 72.2 Å². The molecule has 4 aromatic heterocycles. The summed E-state index contributed by atoms with van der Waals surface area (Å²) in [5.41, 5.74) is 1.63. The summed E-state index contributed by atoms with van der Waals surface area (Å²) >= 11 is 1.55. The average molecular weight is 415 g/mol. The molecule has 0 fully saturated rings. The molecule has 9 heteroatoms. The average Bonchev–Trinajstić information content (AvgIpc) is 3.54. The minimum Gasteiger partial charge on any atom is -0.349 e. The number of nitrogens with one attached hydrogen (secondary N) is 1. The Morgan fingerprint density at radius 2 is 1.87 bits per heavy atom. The van der Waals surface area contributed by atoms with Gasteiger partial charge >= 0.3 is 0 Å². The molecule has 1 amide bonds. The standard InChI is InChI=1S/C21H17N7OS/c29-21(22-12-11-18-25-24-17-10-4-5-13-27(17)18)19-23-20(16-9-6-14-30-16)28(26-19)15-7-2-1-3-8-15/h1-10,13-14H,11-12H2,(H,22,29). The summed E-state index contributed by atoms with van der Waals surface area (Å²) < 4.78 is 3.61. The van der Waals surface area contributed by atoms with Gasteiger partial charge in [0, 0.05) is 19.2 Å². The van der Waals surface area contributed by atoms with Crippen molar-refractivity contribution in [1.82, 2.24) is 34.7 Å². The van der Waals surface area contributed by atoms with Crippen LogP contribution in [0.2, 0.25) is 0 Å². The number of rotatable bonds is 6. The molecule has 0 atom stereocenters. The minimum absolute atomic E-state index is 0.133. The van der Waals surface area contributed by atoms with Crippen molar-refractivity contribution in [3.63, 3.8) is 0 Å². The lowest BCUT2D eigenvalue weighted by Gasteiger charge is -2.03. The SMILES string of the molecule is O=C(NCCc1nnc2ccccn12)c1nc(-c2cccs2)n(-c2ccccc2)n1. The molecule has 0 aliphatic heterocycles. The number of carbonyl (C=O) groups is 1. The molecule has 0 saturated carbocycles. The number of pyridine rings is 1. The van der Waals surface area contributed by atoms with Gasteiger partial charge in [0.15, 0.2) is 11.5 Å². The molecule has 148 valence electrons. The van der Waals surface area contributed by atoms with Crippen LogP contribution < -0.4 is 5.32 Å².